The van der Waals surface area contributed by atoms with E-state index in [4.69, 9.17) is 15.6 Å². The molecule has 2 aromatic carbocycles. The maximum Gasteiger partial charge on any atom is 0.305 e. The number of carbonyl (C=O) groups excluding carboxylic acids is 1. The van der Waals surface area contributed by atoms with Crippen molar-refractivity contribution in [1.29, 1.82) is 0 Å². The number of rotatable bonds is 9. The summed E-state index contributed by atoms with van der Waals surface area (Å²) in [5.74, 6) is 4.99. The van der Waals surface area contributed by atoms with Crippen molar-refractivity contribution >= 4 is 28.8 Å². The first-order valence-corrected chi connectivity index (χ1v) is 13.0. The molecule has 0 bridgehead atoms. The van der Waals surface area contributed by atoms with Crippen LogP contribution < -0.4 is 15.4 Å². The van der Waals surface area contributed by atoms with Gasteiger partial charge >= 0.3 is 5.97 Å². The van der Waals surface area contributed by atoms with E-state index in [2.05, 4.69) is 16.7 Å². The van der Waals surface area contributed by atoms with E-state index in [1.165, 1.54) is 4.41 Å². The SMILES string of the molecule is CC(C)Oc1ccc(C#Cc2ccc(N3CCN(N(C(C)CC(=O)O)S(=O)O)CC3)cc2)cc1C(N)=O. The second-order valence-corrected chi connectivity index (χ2v) is 9.80. The van der Waals surface area contributed by atoms with Gasteiger partial charge in [0.05, 0.1) is 18.1 Å². The lowest BCUT2D eigenvalue weighted by molar-refractivity contribution is -0.139. The van der Waals surface area contributed by atoms with Gasteiger partial charge in [-0.1, -0.05) is 11.8 Å². The Morgan fingerprint density at radius 3 is 2.19 bits per heavy atom. The van der Waals surface area contributed by atoms with Crippen LogP contribution in [0.15, 0.2) is 42.5 Å². The lowest BCUT2D eigenvalue weighted by Crippen LogP contribution is -2.57. The lowest BCUT2D eigenvalue weighted by Gasteiger charge is -2.41. The van der Waals surface area contributed by atoms with Gasteiger partial charge in [-0.05, 0) is 63.2 Å². The van der Waals surface area contributed by atoms with Crippen molar-refractivity contribution in [2.45, 2.75) is 39.3 Å². The number of anilines is 1. The standard InChI is InChI=1S/C26H32N4O6S/c1-18(2)36-24-11-8-21(17-23(24)26(27)33)5-4-20-6-9-22(10-7-20)28-12-14-29(15-13-28)30(37(34)35)19(3)16-25(31)32/h6-11,17-19H,12-16H2,1-3H3,(H2,27,33)(H,31,32)(H,34,35). The molecule has 0 aliphatic carbocycles. The quantitative estimate of drug-likeness (QED) is 0.333. The first-order valence-electron chi connectivity index (χ1n) is 11.9. The maximum atomic E-state index is 11.8. The first kappa shape index (κ1) is 28.1. The molecule has 2 unspecified atom stereocenters. The number of nitrogens with zero attached hydrogens (tertiary/aromatic N) is 3. The monoisotopic (exact) mass is 528 g/mol. The van der Waals surface area contributed by atoms with Gasteiger partial charge in [0.15, 0.2) is 0 Å². The molecule has 0 saturated carbocycles. The van der Waals surface area contributed by atoms with E-state index in [0.717, 1.165) is 11.3 Å². The topological polar surface area (TPSA) is 137 Å². The molecule has 37 heavy (non-hydrogen) atoms. The maximum absolute atomic E-state index is 11.8. The molecule has 4 N–H and O–H groups in total. The Morgan fingerprint density at radius 2 is 1.65 bits per heavy atom. The molecular formula is C26H32N4O6S. The number of amides is 1. The van der Waals surface area contributed by atoms with E-state index in [1.807, 2.05) is 38.1 Å². The van der Waals surface area contributed by atoms with Crippen LogP contribution >= 0.6 is 0 Å². The van der Waals surface area contributed by atoms with Gasteiger partial charge in [-0.3, -0.25) is 14.1 Å². The molecule has 1 aliphatic rings. The normalized spacial score (nSPS) is 15.7. The highest BCUT2D eigenvalue weighted by atomic mass is 32.2. The second-order valence-electron chi connectivity index (χ2n) is 8.96. The zero-order chi connectivity index (χ0) is 27.1. The highest BCUT2D eigenvalue weighted by molar-refractivity contribution is 7.76. The van der Waals surface area contributed by atoms with Crippen LogP contribution in [0.25, 0.3) is 0 Å². The van der Waals surface area contributed by atoms with E-state index < -0.39 is 29.2 Å². The number of aliphatic carboxylic acids is 1. The number of ether oxygens (including phenoxy) is 1. The average Bonchev–Trinajstić information content (AvgIpc) is 2.83. The molecule has 1 saturated heterocycles. The van der Waals surface area contributed by atoms with Gasteiger partial charge in [-0.25, -0.2) is 9.22 Å². The molecule has 2 aromatic rings. The molecule has 1 amide bonds. The number of hydrazine groups is 1. The summed E-state index contributed by atoms with van der Waals surface area (Å²) in [5.41, 5.74) is 8.23. The first-order chi connectivity index (χ1) is 17.5. The number of primary amides is 1. The van der Waals surface area contributed by atoms with E-state index in [-0.39, 0.29) is 18.1 Å². The Kier molecular flexibility index (Phi) is 9.66. The van der Waals surface area contributed by atoms with E-state index in [9.17, 15) is 18.4 Å². The van der Waals surface area contributed by atoms with Crippen molar-refractivity contribution < 1.29 is 28.2 Å². The average molecular weight is 529 g/mol. The van der Waals surface area contributed by atoms with Crippen molar-refractivity contribution in [3.63, 3.8) is 0 Å². The zero-order valence-electron chi connectivity index (χ0n) is 21.1. The molecule has 198 valence electrons. The van der Waals surface area contributed by atoms with Crippen molar-refractivity contribution in [2.24, 2.45) is 5.73 Å². The molecule has 2 atom stereocenters. The van der Waals surface area contributed by atoms with Crippen LogP contribution in [-0.4, -0.2) is 73.5 Å². The summed E-state index contributed by atoms with van der Waals surface area (Å²) in [6.45, 7) is 7.55. The van der Waals surface area contributed by atoms with Gasteiger partial charge in [0.25, 0.3) is 5.91 Å². The summed E-state index contributed by atoms with van der Waals surface area (Å²) in [5, 5.41) is 10.8. The number of carbonyl (C=O) groups is 2. The van der Waals surface area contributed by atoms with Gasteiger partial charge in [-0.2, -0.15) is 0 Å². The number of carboxylic acid groups (broad SMARTS) is 1. The third-order valence-corrected chi connectivity index (χ3v) is 6.64. The molecule has 1 fully saturated rings. The Balaban J connectivity index is 1.65. The predicted molar refractivity (Wildman–Crippen MR) is 141 cm³/mol. The minimum absolute atomic E-state index is 0.0883. The number of benzene rings is 2. The van der Waals surface area contributed by atoms with Crippen molar-refractivity contribution in [2.75, 3.05) is 31.1 Å². The van der Waals surface area contributed by atoms with Crippen LogP contribution in [0.5, 0.6) is 5.75 Å². The van der Waals surface area contributed by atoms with E-state index >= 15 is 0 Å². The smallest absolute Gasteiger partial charge is 0.305 e. The fourth-order valence-corrected chi connectivity index (χ4v) is 4.81. The molecule has 10 nitrogen and oxygen atoms in total. The number of piperazine rings is 1. The lowest BCUT2D eigenvalue weighted by atomic mass is 10.1. The molecule has 1 heterocycles. The summed E-state index contributed by atoms with van der Waals surface area (Å²) < 4.78 is 28.4. The van der Waals surface area contributed by atoms with Gasteiger partial charge in [0.1, 0.15) is 5.75 Å². The molecule has 0 radical (unpaired) electrons. The molecule has 3 rings (SSSR count). The third-order valence-electron chi connectivity index (χ3n) is 5.73. The van der Waals surface area contributed by atoms with Crippen LogP contribution in [0.1, 0.15) is 48.7 Å². The summed E-state index contributed by atoms with van der Waals surface area (Å²) >= 11 is -2.30. The summed E-state index contributed by atoms with van der Waals surface area (Å²) in [4.78, 5) is 25.0. The van der Waals surface area contributed by atoms with Crippen molar-refractivity contribution in [3.05, 3.63) is 59.2 Å². The summed E-state index contributed by atoms with van der Waals surface area (Å²) in [6, 6.07) is 12.2. The third kappa shape index (κ3) is 7.77. The van der Waals surface area contributed by atoms with Crippen LogP contribution in [0, 0.1) is 11.8 Å². The van der Waals surface area contributed by atoms with Crippen LogP contribution in [0.3, 0.4) is 0 Å². The second kappa shape index (κ2) is 12.7. The van der Waals surface area contributed by atoms with Crippen LogP contribution in [-0.2, 0) is 16.1 Å². The minimum atomic E-state index is -2.30. The Bertz CT molecular complexity index is 1200. The zero-order valence-corrected chi connectivity index (χ0v) is 21.9. The highest BCUT2D eigenvalue weighted by Gasteiger charge is 2.30. The number of nitrogens with two attached hydrogens (primary N) is 1. The number of carboxylic acids is 1. The molecular weight excluding hydrogens is 496 g/mol. The fraction of sp³-hybridized carbons (Fsp3) is 0.385. The number of hydrogen-bond acceptors (Lipinski definition) is 6. The van der Waals surface area contributed by atoms with Gasteiger partial charge in [-0.15, -0.1) is 4.41 Å². The molecule has 1 aliphatic heterocycles. The highest BCUT2D eigenvalue weighted by Crippen LogP contribution is 2.22. The molecule has 0 aromatic heterocycles. The van der Waals surface area contributed by atoms with Crippen LogP contribution in [0.4, 0.5) is 5.69 Å². The molecule has 11 heteroatoms. The fourth-order valence-electron chi connectivity index (χ4n) is 4.07. The Hall–Kier alpha value is -3.43. The molecule has 0 spiro atoms. The van der Waals surface area contributed by atoms with Gasteiger partial charge in [0, 0.05) is 49.0 Å². The van der Waals surface area contributed by atoms with Gasteiger partial charge < -0.3 is 20.5 Å². The summed E-state index contributed by atoms with van der Waals surface area (Å²) in [6.07, 6.45) is -0.316. The van der Waals surface area contributed by atoms with Crippen LogP contribution in [0.2, 0.25) is 0 Å². The largest absolute Gasteiger partial charge is 0.490 e. The van der Waals surface area contributed by atoms with Crippen molar-refractivity contribution in [3.8, 4) is 17.6 Å². The predicted octanol–water partition coefficient (Wildman–Crippen LogP) is 2.31. The summed E-state index contributed by atoms with van der Waals surface area (Å²) in [7, 11) is 0. The van der Waals surface area contributed by atoms with E-state index in [1.54, 1.807) is 30.1 Å². The minimum Gasteiger partial charge on any atom is -0.490 e. The Morgan fingerprint density at radius 1 is 1.05 bits per heavy atom. The number of hydrogen-bond donors (Lipinski definition) is 3. The Labute approximate surface area is 219 Å². The van der Waals surface area contributed by atoms with Gasteiger partial charge in [0.2, 0.25) is 11.3 Å². The van der Waals surface area contributed by atoms with E-state index in [0.29, 0.717) is 37.5 Å². The van der Waals surface area contributed by atoms with Crippen molar-refractivity contribution in [1.82, 2.24) is 9.42 Å².